The first-order valence-electron chi connectivity index (χ1n) is 11.4. The van der Waals surface area contributed by atoms with E-state index in [1.54, 1.807) is 0 Å². The van der Waals surface area contributed by atoms with Crippen LogP contribution in [0.3, 0.4) is 0 Å². The monoisotopic (exact) mass is 378 g/mol. The van der Waals surface area contributed by atoms with Gasteiger partial charge in [0.25, 0.3) is 0 Å². The van der Waals surface area contributed by atoms with Gasteiger partial charge < -0.3 is 4.74 Å². The molecule has 2 nitrogen and oxygen atoms in total. The van der Waals surface area contributed by atoms with Crippen LogP contribution in [0.2, 0.25) is 0 Å². The van der Waals surface area contributed by atoms with Gasteiger partial charge in [-0.15, -0.1) is 0 Å². The molecule has 5 rings (SSSR count). The third-order valence-electron chi connectivity index (χ3n) is 9.03. The molecule has 1 aromatic rings. The molecule has 3 fully saturated rings. The van der Waals surface area contributed by atoms with Gasteiger partial charge in [-0.05, 0) is 74.2 Å². The molecule has 28 heavy (non-hydrogen) atoms. The smallest absolute Gasteiger partial charge is 0.145 e. The van der Waals surface area contributed by atoms with Crippen LogP contribution in [0.1, 0.15) is 70.8 Å². The second-order valence-electron chi connectivity index (χ2n) is 10.4. The summed E-state index contributed by atoms with van der Waals surface area (Å²) in [5.74, 6) is 2.56. The van der Waals surface area contributed by atoms with E-state index in [4.69, 9.17) is 4.74 Å². The highest BCUT2D eigenvalue weighted by molar-refractivity contribution is 5.90. The zero-order valence-electron chi connectivity index (χ0n) is 17.5. The largest absolute Gasteiger partial charge is 0.373 e. The average molecular weight is 379 g/mol. The Morgan fingerprint density at radius 3 is 2.68 bits per heavy atom. The van der Waals surface area contributed by atoms with Crippen molar-refractivity contribution in [1.82, 2.24) is 0 Å². The van der Waals surface area contributed by atoms with E-state index in [0.29, 0.717) is 30.1 Å². The Morgan fingerprint density at radius 1 is 1.04 bits per heavy atom. The number of hydrogen-bond donors (Lipinski definition) is 0. The summed E-state index contributed by atoms with van der Waals surface area (Å²) in [4.78, 5) is 13.5. The van der Waals surface area contributed by atoms with Crippen LogP contribution >= 0.6 is 0 Å². The standard InChI is InChI=1S/C26H34O2/c1-25-13-6-9-22(25)21-11-10-19-15-20(28-17-18-7-4-3-5-8-18)16-24(27)26(19,2)23(21)12-14-25/h3-5,7-8,10,20-23H,6,9,11-17H2,1-2H3/t20?,21-,22-,23+,25-,26-/m0/s1. The lowest BCUT2D eigenvalue weighted by Crippen LogP contribution is -2.53. The number of carbonyl (C=O) groups excluding carboxylic acids is 1. The molecular weight excluding hydrogens is 344 g/mol. The third-order valence-corrected chi connectivity index (χ3v) is 9.03. The predicted molar refractivity (Wildman–Crippen MR) is 112 cm³/mol. The van der Waals surface area contributed by atoms with Crippen molar-refractivity contribution in [2.45, 2.75) is 77.9 Å². The number of ether oxygens (including phenoxy) is 1. The molecule has 0 radical (unpaired) electrons. The van der Waals surface area contributed by atoms with Crippen LogP contribution in [0, 0.1) is 28.6 Å². The van der Waals surface area contributed by atoms with E-state index in [-0.39, 0.29) is 11.5 Å². The lowest BCUT2D eigenvalue weighted by atomic mass is 9.48. The highest BCUT2D eigenvalue weighted by atomic mass is 16.5. The van der Waals surface area contributed by atoms with Gasteiger partial charge in [0, 0.05) is 6.42 Å². The predicted octanol–water partition coefficient (Wildman–Crippen LogP) is 6.10. The summed E-state index contributed by atoms with van der Waals surface area (Å²) >= 11 is 0. The van der Waals surface area contributed by atoms with Crippen molar-refractivity contribution < 1.29 is 9.53 Å². The summed E-state index contributed by atoms with van der Waals surface area (Å²) in [6.07, 6.45) is 12.0. The number of fused-ring (bicyclic) bond motifs is 5. The summed E-state index contributed by atoms with van der Waals surface area (Å²) in [6, 6.07) is 10.3. The van der Waals surface area contributed by atoms with Gasteiger partial charge in [-0.1, -0.05) is 55.3 Å². The highest BCUT2D eigenvalue weighted by Crippen LogP contribution is 2.64. The fourth-order valence-corrected chi connectivity index (χ4v) is 7.38. The average Bonchev–Trinajstić information content (AvgIpc) is 3.10. The third kappa shape index (κ3) is 2.83. The number of rotatable bonds is 3. The molecule has 0 heterocycles. The first-order chi connectivity index (χ1) is 13.5. The Labute approximate surface area is 169 Å². The van der Waals surface area contributed by atoms with Gasteiger partial charge in [0.05, 0.1) is 18.1 Å². The van der Waals surface area contributed by atoms with Crippen LogP contribution in [-0.4, -0.2) is 11.9 Å². The molecule has 2 heteroatoms. The van der Waals surface area contributed by atoms with E-state index >= 15 is 0 Å². The van der Waals surface area contributed by atoms with E-state index in [1.807, 2.05) is 18.2 Å². The summed E-state index contributed by atoms with van der Waals surface area (Å²) in [7, 11) is 0. The lowest BCUT2D eigenvalue weighted by molar-refractivity contribution is -0.141. The summed E-state index contributed by atoms with van der Waals surface area (Å²) in [5.41, 5.74) is 2.90. The molecule has 0 aliphatic heterocycles. The first kappa shape index (κ1) is 18.6. The van der Waals surface area contributed by atoms with Crippen molar-refractivity contribution in [2.24, 2.45) is 28.6 Å². The maximum atomic E-state index is 13.5. The minimum Gasteiger partial charge on any atom is -0.373 e. The molecule has 0 bridgehead atoms. The Morgan fingerprint density at radius 2 is 1.86 bits per heavy atom. The molecule has 150 valence electrons. The van der Waals surface area contributed by atoms with Gasteiger partial charge in [0.1, 0.15) is 5.78 Å². The summed E-state index contributed by atoms with van der Waals surface area (Å²) < 4.78 is 6.19. The molecule has 0 spiro atoms. The van der Waals surface area contributed by atoms with E-state index in [0.717, 1.165) is 18.3 Å². The second kappa shape index (κ2) is 6.83. The summed E-state index contributed by atoms with van der Waals surface area (Å²) in [6.45, 7) is 5.41. The first-order valence-corrected chi connectivity index (χ1v) is 11.4. The van der Waals surface area contributed by atoms with Crippen molar-refractivity contribution in [1.29, 1.82) is 0 Å². The fraction of sp³-hybridized carbons (Fsp3) is 0.654. The van der Waals surface area contributed by atoms with Crippen molar-refractivity contribution in [3.63, 3.8) is 0 Å². The Kier molecular flexibility index (Phi) is 4.54. The van der Waals surface area contributed by atoms with Gasteiger partial charge in [0.2, 0.25) is 0 Å². The Balaban J connectivity index is 1.35. The Bertz CT molecular complexity index is 781. The number of allylic oxidation sites excluding steroid dienone is 1. The van der Waals surface area contributed by atoms with Crippen LogP contribution in [0.5, 0.6) is 0 Å². The van der Waals surface area contributed by atoms with Crippen LogP contribution in [0.4, 0.5) is 0 Å². The number of Topliss-reactive ketones (excluding diaryl/α,β-unsaturated/α-hetero) is 1. The molecule has 0 amide bonds. The van der Waals surface area contributed by atoms with E-state index in [2.05, 4.69) is 32.1 Å². The fourth-order valence-electron chi connectivity index (χ4n) is 7.38. The zero-order chi connectivity index (χ0) is 19.4. The van der Waals surface area contributed by atoms with Crippen LogP contribution < -0.4 is 0 Å². The van der Waals surface area contributed by atoms with Gasteiger partial charge in [-0.25, -0.2) is 0 Å². The topological polar surface area (TPSA) is 26.3 Å². The van der Waals surface area contributed by atoms with Crippen molar-refractivity contribution >= 4 is 5.78 Å². The molecule has 6 atom stereocenters. The molecule has 1 unspecified atom stereocenters. The molecule has 0 saturated heterocycles. The van der Waals surface area contributed by atoms with E-state index < -0.39 is 0 Å². The lowest BCUT2D eigenvalue weighted by Gasteiger charge is -2.56. The molecule has 0 aromatic heterocycles. The minimum atomic E-state index is -0.223. The van der Waals surface area contributed by atoms with Crippen molar-refractivity contribution in [2.75, 3.05) is 0 Å². The van der Waals surface area contributed by atoms with Gasteiger partial charge in [0.15, 0.2) is 0 Å². The van der Waals surface area contributed by atoms with Gasteiger partial charge in [-0.3, -0.25) is 4.79 Å². The quantitative estimate of drug-likeness (QED) is 0.594. The maximum Gasteiger partial charge on any atom is 0.145 e. The normalized spacial score (nSPS) is 42.4. The van der Waals surface area contributed by atoms with Crippen LogP contribution in [0.25, 0.3) is 0 Å². The molecular formula is C26H34O2. The zero-order valence-corrected chi connectivity index (χ0v) is 17.5. The number of ketones is 1. The van der Waals surface area contributed by atoms with E-state index in [1.165, 1.54) is 49.7 Å². The van der Waals surface area contributed by atoms with Gasteiger partial charge >= 0.3 is 0 Å². The van der Waals surface area contributed by atoms with Crippen molar-refractivity contribution in [3.8, 4) is 0 Å². The second-order valence-corrected chi connectivity index (χ2v) is 10.4. The van der Waals surface area contributed by atoms with Crippen LogP contribution in [0.15, 0.2) is 42.0 Å². The van der Waals surface area contributed by atoms with Crippen molar-refractivity contribution in [3.05, 3.63) is 47.5 Å². The van der Waals surface area contributed by atoms with Crippen LogP contribution in [-0.2, 0) is 16.1 Å². The van der Waals surface area contributed by atoms with Gasteiger partial charge in [-0.2, -0.15) is 0 Å². The SMILES string of the molecule is C[C@@]12CCC[C@H]1[C@@H]1CC=C3CC(OCc4ccccc4)CC(=O)[C@]3(C)[C@@H]1CC2. The van der Waals surface area contributed by atoms with E-state index in [9.17, 15) is 4.79 Å². The molecule has 1 aromatic carbocycles. The molecule has 4 aliphatic rings. The molecule has 3 saturated carbocycles. The number of hydrogen-bond acceptors (Lipinski definition) is 2. The number of benzene rings is 1. The number of carbonyl (C=O) groups is 1. The summed E-state index contributed by atoms with van der Waals surface area (Å²) in [5, 5.41) is 0. The minimum absolute atomic E-state index is 0.0453. The highest BCUT2D eigenvalue weighted by Gasteiger charge is 2.58. The maximum absolute atomic E-state index is 13.5. The molecule has 0 N–H and O–H groups in total. The Hall–Kier alpha value is -1.41. The molecule has 4 aliphatic carbocycles.